The maximum Gasteiger partial charge on any atom is 0.119 e. The summed E-state index contributed by atoms with van der Waals surface area (Å²) >= 11 is 1.85. The van der Waals surface area contributed by atoms with Crippen LogP contribution in [0.1, 0.15) is 13.8 Å². The molecule has 0 aliphatic heterocycles. The van der Waals surface area contributed by atoms with Gasteiger partial charge in [0.15, 0.2) is 0 Å². The average molecular weight is 225 g/mol. The molecule has 1 N–H and O–H groups in total. The molecular weight excluding hydrogens is 206 g/mol. The Bertz CT molecular complexity index is 271. The summed E-state index contributed by atoms with van der Waals surface area (Å²) in [6, 6.07) is 8.28. The number of benzene rings is 1. The van der Waals surface area contributed by atoms with Crippen molar-refractivity contribution in [3.8, 4) is 5.75 Å². The second-order valence-corrected chi connectivity index (χ2v) is 4.76. The van der Waals surface area contributed by atoms with Crippen molar-refractivity contribution in [1.82, 2.24) is 5.32 Å². The van der Waals surface area contributed by atoms with Crippen molar-refractivity contribution in [3.05, 3.63) is 24.3 Å². The highest BCUT2D eigenvalue weighted by atomic mass is 32.2. The molecule has 0 aromatic heterocycles. The highest BCUT2D eigenvalue weighted by Gasteiger charge is 1.98. The average Bonchev–Trinajstić information content (AvgIpc) is 2.20. The van der Waals surface area contributed by atoms with Crippen LogP contribution in [0.2, 0.25) is 0 Å². The molecule has 3 heteroatoms. The molecule has 15 heavy (non-hydrogen) atoms. The van der Waals surface area contributed by atoms with Crippen molar-refractivity contribution in [2.45, 2.75) is 24.8 Å². The molecule has 0 atom stereocenters. The van der Waals surface area contributed by atoms with E-state index in [2.05, 4.69) is 17.4 Å². The lowest BCUT2D eigenvalue weighted by Crippen LogP contribution is -2.09. The van der Waals surface area contributed by atoms with E-state index in [0.29, 0.717) is 0 Å². The van der Waals surface area contributed by atoms with Crippen LogP contribution < -0.4 is 10.1 Å². The van der Waals surface area contributed by atoms with Crippen molar-refractivity contribution in [1.29, 1.82) is 0 Å². The summed E-state index contributed by atoms with van der Waals surface area (Å²) in [7, 11) is 1.97. The standard InChI is InChI=1S/C12H19NOS/c1-10(2)14-11-4-6-12(7-5-11)15-9-8-13-3/h4-7,10,13H,8-9H2,1-3H3. The summed E-state index contributed by atoms with van der Waals surface area (Å²) < 4.78 is 5.57. The summed E-state index contributed by atoms with van der Waals surface area (Å²) in [5.41, 5.74) is 0. The van der Waals surface area contributed by atoms with Crippen LogP contribution in [0.4, 0.5) is 0 Å². The number of hydrogen-bond donors (Lipinski definition) is 1. The Hall–Kier alpha value is -0.670. The zero-order valence-corrected chi connectivity index (χ0v) is 10.4. The van der Waals surface area contributed by atoms with E-state index in [1.165, 1.54) is 4.90 Å². The molecule has 0 spiro atoms. The fraction of sp³-hybridized carbons (Fsp3) is 0.500. The number of ether oxygens (including phenoxy) is 1. The van der Waals surface area contributed by atoms with Gasteiger partial charge in [-0.3, -0.25) is 0 Å². The fourth-order valence-electron chi connectivity index (χ4n) is 1.16. The van der Waals surface area contributed by atoms with Crippen molar-refractivity contribution in [2.24, 2.45) is 0 Å². The zero-order chi connectivity index (χ0) is 11.1. The van der Waals surface area contributed by atoms with Gasteiger partial charge in [0.1, 0.15) is 5.75 Å². The van der Waals surface area contributed by atoms with Crippen molar-refractivity contribution in [2.75, 3.05) is 19.3 Å². The number of nitrogens with one attached hydrogen (secondary N) is 1. The van der Waals surface area contributed by atoms with Crippen LogP contribution in [0, 0.1) is 0 Å². The minimum absolute atomic E-state index is 0.243. The SMILES string of the molecule is CNCCSc1ccc(OC(C)C)cc1. The van der Waals surface area contributed by atoms with Gasteiger partial charge in [0.2, 0.25) is 0 Å². The summed E-state index contributed by atoms with van der Waals surface area (Å²) in [6.45, 7) is 5.11. The molecule has 0 amide bonds. The molecule has 0 aliphatic carbocycles. The maximum atomic E-state index is 5.57. The predicted octanol–water partition coefficient (Wildman–Crippen LogP) is 2.79. The Kier molecular flexibility index (Phi) is 5.58. The molecule has 2 nitrogen and oxygen atoms in total. The molecule has 84 valence electrons. The van der Waals surface area contributed by atoms with Crippen molar-refractivity contribution >= 4 is 11.8 Å². The smallest absolute Gasteiger partial charge is 0.119 e. The van der Waals surface area contributed by atoms with Gasteiger partial charge >= 0.3 is 0 Å². The molecule has 0 radical (unpaired) electrons. The summed E-state index contributed by atoms with van der Waals surface area (Å²) in [5, 5.41) is 3.13. The highest BCUT2D eigenvalue weighted by Crippen LogP contribution is 2.21. The van der Waals surface area contributed by atoms with E-state index in [-0.39, 0.29) is 6.10 Å². The third-order valence-electron chi connectivity index (χ3n) is 1.82. The molecule has 1 aromatic rings. The molecule has 0 saturated heterocycles. The molecule has 0 aliphatic rings. The highest BCUT2D eigenvalue weighted by molar-refractivity contribution is 7.99. The van der Waals surface area contributed by atoms with Crippen molar-refractivity contribution in [3.63, 3.8) is 0 Å². The number of thioether (sulfide) groups is 1. The third-order valence-corrected chi connectivity index (χ3v) is 2.83. The molecular formula is C12H19NOS. The Balaban J connectivity index is 2.42. The van der Waals surface area contributed by atoms with E-state index >= 15 is 0 Å². The van der Waals surface area contributed by atoms with Gasteiger partial charge in [-0.25, -0.2) is 0 Å². The minimum atomic E-state index is 0.243. The first-order chi connectivity index (χ1) is 7.22. The van der Waals surface area contributed by atoms with Crippen molar-refractivity contribution < 1.29 is 4.74 Å². The Morgan fingerprint density at radius 3 is 2.47 bits per heavy atom. The Labute approximate surface area is 96.4 Å². The van der Waals surface area contributed by atoms with Crippen LogP contribution in [0.25, 0.3) is 0 Å². The molecule has 0 saturated carbocycles. The quantitative estimate of drug-likeness (QED) is 0.594. The van der Waals surface area contributed by atoms with Crippen LogP contribution in [0.15, 0.2) is 29.2 Å². The second kappa shape index (κ2) is 6.75. The first-order valence-electron chi connectivity index (χ1n) is 5.26. The first-order valence-corrected chi connectivity index (χ1v) is 6.25. The van der Waals surface area contributed by atoms with E-state index in [1.54, 1.807) is 0 Å². The lowest BCUT2D eigenvalue weighted by Gasteiger charge is -2.09. The normalized spacial score (nSPS) is 10.7. The molecule has 0 fully saturated rings. The lowest BCUT2D eigenvalue weighted by molar-refractivity contribution is 0.242. The van der Waals surface area contributed by atoms with E-state index in [9.17, 15) is 0 Å². The maximum absolute atomic E-state index is 5.57. The van der Waals surface area contributed by atoms with Gasteiger partial charge in [0, 0.05) is 17.2 Å². The predicted molar refractivity (Wildman–Crippen MR) is 66.9 cm³/mol. The monoisotopic (exact) mass is 225 g/mol. The Morgan fingerprint density at radius 2 is 1.93 bits per heavy atom. The van der Waals surface area contributed by atoms with E-state index < -0.39 is 0 Å². The van der Waals surface area contributed by atoms with Crippen LogP contribution in [0.3, 0.4) is 0 Å². The Morgan fingerprint density at radius 1 is 1.27 bits per heavy atom. The van der Waals surface area contributed by atoms with Gasteiger partial charge in [-0.2, -0.15) is 0 Å². The van der Waals surface area contributed by atoms with Crippen LogP contribution in [-0.2, 0) is 0 Å². The molecule has 1 rings (SSSR count). The first kappa shape index (κ1) is 12.4. The minimum Gasteiger partial charge on any atom is -0.491 e. The van der Waals surface area contributed by atoms with Crippen LogP contribution >= 0.6 is 11.8 Å². The van der Waals surface area contributed by atoms with Gasteiger partial charge in [-0.1, -0.05) is 0 Å². The van der Waals surface area contributed by atoms with Gasteiger partial charge in [0.25, 0.3) is 0 Å². The summed E-state index contributed by atoms with van der Waals surface area (Å²) in [4.78, 5) is 1.29. The molecule has 1 aromatic carbocycles. The molecule has 0 unspecified atom stereocenters. The summed E-state index contributed by atoms with van der Waals surface area (Å²) in [5.74, 6) is 2.05. The number of rotatable bonds is 6. The van der Waals surface area contributed by atoms with E-state index in [0.717, 1.165) is 18.0 Å². The van der Waals surface area contributed by atoms with Gasteiger partial charge in [0.05, 0.1) is 6.10 Å². The van der Waals surface area contributed by atoms with Gasteiger partial charge < -0.3 is 10.1 Å². The zero-order valence-electron chi connectivity index (χ0n) is 9.62. The van der Waals surface area contributed by atoms with Gasteiger partial charge in [-0.15, -0.1) is 11.8 Å². The topological polar surface area (TPSA) is 21.3 Å². The molecule has 0 heterocycles. The second-order valence-electron chi connectivity index (χ2n) is 3.59. The van der Waals surface area contributed by atoms with Crippen LogP contribution in [-0.4, -0.2) is 25.4 Å². The third kappa shape index (κ3) is 5.09. The largest absolute Gasteiger partial charge is 0.491 e. The number of hydrogen-bond acceptors (Lipinski definition) is 3. The summed E-state index contributed by atoms with van der Waals surface area (Å²) in [6.07, 6.45) is 0.243. The van der Waals surface area contributed by atoms with E-state index in [4.69, 9.17) is 4.74 Å². The molecule has 0 bridgehead atoms. The van der Waals surface area contributed by atoms with E-state index in [1.807, 2.05) is 44.8 Å². The lowest BCUT2D eigenvalue weighted by atomic mass is 10.3. The van der Waals surface area contributed by atoms with Crippen LogP contribution in [0.5, 0.6) is 5.75 Å². The fourth-order valence-corrected chi connectivity index (χ4v) is 2.03. The van der Waals surface area contributed by atoms with Gasteiger partial charge in [-0.05, 0) is 45.2 Å².